The maximum absolute atomic E-state index is 12.7. The number of H-pyrrole nitrogens is 1. The maximum atomic E-state index is 12.7. The third-order valence-electron chi connectivity index (χ3n) is 4.27. The lowest BCUT2D eigenvalue weighted by Gasteiger charge is -2.16. The zero-order valence-corrected chi connectivity index (χ0v) is 18.7. The highest BCUT2D eigenvalue weighted by Gasteiger charge is 2.15. The Hall–Kier alpha value is -3.44. The van der Waals surface area contributed by atoms with E-state index in [2.05, 4.69) is 20.5 Å². The van der Waals surface area contributed by atoms with Gasteiger partial charge in [0, 0.05) is 24.8 Å². The summed E-state index contributed by atoms with van der Waals surface area (Å²) in [6, 6.07) is 9.24. The first-order valence-corrected chi connectivity index (χ1v) is 11.4. The summed E-state index contributed by atoms with van der Waals surface area (Å²) in [5.74, 6) is 1.02. The molecule has 2 heterocycles. The number of ether oxygens (including phenoxy) is 3. The third kappa shape index (κ3) is 6.05. The number of methoxy groups -OCH3 is 1. The van der Waals surface area contributed by atoms with Gasteiger partial charge in [0.15, 0.2) is 14.9 Å². The highest BCUT2D eigenvalue weighted by atomic mass is 32.2. The number of nitrogens with zero attached hydrogens (tertiary/aromatic N) is 2. The molecule has 3 aromatic rings. The van der Waals surface area contributed by atoms with Crippen LogP contribution in [0.15, 0.2) is 53.8 Å². The molecule has 2 N–H and O–H groups in total. The second kappa shape index (κ2) is 10.2. The molecule has 2 aromatic heterocycles. The number of aromatic nitrogens is 3. The second-order valence-corrected chi connectivity index (χ2v) is 9.06. The first kappa shape index (κ1) is 23.2. The quantitative estimate of drug-likeness (QED) is 0.472. The summed E-state index contributed by atoms with van der Waals surface area (Å²) in [5, 5.41) is 9.12. The van der Waals surface area contributed by atoms with Crippen molar-refractivity contribution in [3.8, 4) is 17.2 Å². The highest BCUT2D eigenvalue weighted by molar-refractivity contribution is 7.91. The van der Waals surface area contributed by atoms with Crippen molar-refractivity contribution in [2.24, 2.45) is 0 Å². The molecule has 0 radical (unpaired) electrons. The number of sulfone groups is 1. The Bertz CT molecular complexity index is 1150. The van der Waals surface area contributed by atoms with Crippen molar-refractivity contribution in [3.05, 3.63) is 54.4 Å². The van der Waals surface area contributed by atoms with Crippen LogP contribution in [-0.4, -0.2) is 55.1 Å². The van der Waals surface area contributed by atoms with Gasteiger partial charge in [-0.15, -0.1) is 0 Å². The number of pyridine rings is 1. The smallest absolute Gasteiger partial charge is 0.257 e. The van der Waals surface area contributed by atoms with Gasteiger partial charge < -0.3 is 19.5 Å². The average Bonchev–Trinajstić information content (AvgIpc) is 3.27. The highest BCUT2D eigenvalue weighted by Crippen LogP contribution is 2.29. The largest absolute Gasteiger partial charge is 0.488 e. The number of nitrogens with one attached hydrogen (secondary N) is 2. The molecule has 0 fully saturated rings. The average molecular weight is 461 g/mol. The summed E-state index contributed by atoms with van der Waals surface area (Å²) < 4.78 is 40.6. The molecule has 1 amide bonds. The van der Waals surface area contributed by atoms with Crippen LogP contribution in [0.1, 0.15) is 24.2 Å². The zero-order valence-electron chi connectivity index (χ0n) is 17.9. The van der Waals surface area contributed by atoms with Crippen LogP contribution in [0.3, 0.4) is 0 Å². The molecule has 170 valence electrons. The van der Waals surface area contributed by atoms with E-state index in [4.69, 9.17) is 14.2 Å². The van der Waals surface area contributed by atoms with Crippen molar-refractivity contribution in [2.75, 3.05) is 24.8 Å². The number of aromatic amines is 1. The van der Waals surface area contributed by atoms with E-state index in [0.717, 1.165) is 0 Å². The van der Waals surface area contributed by atoms with E-state index in [1.54, 1.807) is 32.2 Å². The van der Waals surface area contributed by atoms with E-state index in [-0.39, 0.29) is 22.4 Å². The molecule has 10 nitrogen and oxygen atoms in total. The minimum absolute atomic E-state index is 0.0301. The van der Waals surface area contributed by atoms with Gasteiger partial charge in [0.05, 0.1) is 24.8 Å². The van der Waals surface area contributed by atoms with E-state index < -0.39 is 15.7 Å². The lowest BCUT2D eigenvalue weighted by molar-refractivity contribution is 0.0915. The Kier molecular flexibility index (Phi) is 7.44. The summed E-state index contributed by atoms with van der Waals surface area (Å²) in [4.78, 5) is 16.7. The standard InChI is InChI=1S/C21H24N4O6S/c1-4-32(27,28)20-6-5-16(12-22-20)31-18-10-15(21(26)24-19-7-8-23-25-19)9-17(11-18)30-14(2)13-29-3/h5-12,14H,4,13H2,1-3H3,(H2,23,24,25,26)/t14-/m0/s1. The van der Waals surface area contributed by atoms with Crippen LogP contribution < -0.4 is 14.8 Å². The van der Waals surface area contributed by atoms with Gasteiger partial charge >= 0.3 is 0 Å². The number of anilines is 1. The SMILES string of the molecule is CCS(=O)(=O)c1ccc(Oc2cc(O[C@@H](C)COC)cc(C(=O)Nc3ccn[nH]3)c2)cn1. The molecule has 1 atom stereocenters. The predicted molar refractivity (Wildman–Crippen MR) is 117 cm³/mol. The Balaban J connectivity index is 1.87. The minimum atomic E-state index is -3.42. The molecule has 0 aliphatic heterocycles. The topological polar surface area (TPSA) is 132 Å². The Morgan fingerprint density at radius 2 is 1.94 bits per heavy atom. The lowest BCUT2D eigenvalue weighted by atomic mass is 10.2. The van der Waals surface area contributed by atoms with Crippen molar-refractivity contribution in [2.45, 2.75) is 25.0 Å². The number of hydrogen-bond acceptors (Lipinski definition) is 8. The fraction of sp³-hybridized carbons (Fsp3) is 0.286. The first-order valence-electron chi connectivity index (χ1n) is 9.78. The molecule has 32 heavy (non-hydrogen) atoms. The fourth-order valence-corrected chi connectivity index (χ4v) is 3.53. The molecular formula is C21H24N4O6S. The van der Waals surface area contributed by atoms with Crippen molar-refractivity contribution in [1.29, 1.82) is 0 Å². The number of carbonyl (C=O) groups is 1. The minimum Gasteiger partial charge on any atom is -0.488 e. The zero-order chi connectivity index (χ0) is 23.1. The van der Waals surface area contributed by atoms with Crippen LogP contribution in [0.5, 0.6) is 17.2 Å². The fourth-order valence-electron chi connectivity index (χ4n) is 2.75. The van der Waals surface area contributed by atoms with E-state index in [1.807, 2.05) is 6.92 Å². The monoisotopic (exact) mass is 460 g/mol. The van der Waals surface area contributed by atoms with Gasteiger partial charge in [0.25, 0.3) is 5.91 Å². The van der Waals surface area contributed by atoms with Gasteiger partial charge in [-0.2, -0.15) is 5.10 Å². The van der Waals surface area contributed by atoms with Crippen molar-refractivity contribution in [3.63, 3.8) is 0 Å². The molecule has 0 unspecified atom stereocenters. The molecule has 0 saturated heterocycles. The van der Waals surface area contributed by atoms with Crippen LogP contribution >= 0.6 is 0 Å². The van der Waals surface area contributed by atoms with Gasteiger partial charge in [-0.3, -0.25) is 9.89 Å². The summed E-state index contributed by atoms with van der Waals surface area (Å²) in [6.07, 6.45) is 2.57. The summed E-state index contributed by atoms with van der Waals surface area (Å²) in [5.41, 5.74) is 0.287. The van der Waals surface area contributed by atoms with Gasteiger partial charge in [0.2, 0.25) is 0 Å². The van der Waals surface area contributed by atoms with Gasteiger partial charge in [-0.25, -0.2) is 13.4 Å². The molecule has 0 aliphatic rings. The Morgan fingerprint density at radius 1 is 1.16 bits per heavy atom. The number of hydrogen-bond donors (Lipinski definition) is 2. The predicted octanol–water partition coefficient (Wildman–Crippen LogP) is 3.06. The van der Waals surface area contributed by atoms with Gasteiger partial charge in [-0.1, -0.05) is 6.92 Å². The number of carbonyl (C=O) groups excluding carboxylic acids is 1. The van der Waals surface area contributed by atoms with Gasteiger partial charge in [0.1, 0.15) is 29.2 Å². The summed E-state index contributed by atoms with van der Waals surface area (Å²) >= 11 is 0. The van der Waals surface area contributed by atoms with Crippen molar-refractivity contribution >= 4 is 21.6 Å². The third-order valence-corrected chi connectivity index (χ3v) is 5.91. The molecule has 0 spiro atoms. The van der Waals surface area contributed by atoms with Crippen LogP contribution in [0, 0.1) is 0 Å². The molecule has 1 aromatic carbocycles. The van der Waals surface area contributed by atoms with E-state index in [1.165, 1.54) is 30.6 Å². The van der Waals surface area contributed by atoms with Crippen LogP contribution in [-0.2, 0) is 14.6 Å². The maximum Gasteiger partial charge on any atom is 0.257 e. The van der Waals surface area contributed by atoms with Crippen molar-refractivity contribution in [1.82, 2.24) is 15.2 Å². The molecule has 0 saturated carbocycles. The molecule has 0 bridgehead atoms. The van der Waals surface area contributed by atoms with Crippen LogP contribution in [0.2, 0.25) is 0 Å². The molecule has 0 aliphatic carbocycles. The summed E-state index contributed by atoms with van der Waals surface area (Å²) in [7, 11) is -1.85. The van der Waals surface area contributed by atoms with Crippen LogP contribution in [0.4, 0.5) is 5.82 Å². The Morgan fingerprint density at radius 3 is 2.56 bits per heavy atom. The first-order chi connectivity index (χ1) is 15.3. The van der Waals surface area contributed by atoms with Crippen molar-refractivity contribution < 1.29 is 27.4 Å². The second-order valence-electron chi connectivity index (χ2n) is 6.84. The normalized spacial score (nSPS) is 12.2. The van der Waals surface area contributed by atoms with E-state index >= 15 is 0 Å². The summed E-state index contributed by atoms with van der Waals surface area (Å²) in [6.45, 7) is 3.74. The van der Waals surface area contributed by atoms with E-state index in [0.29, 0.717) is 29.7 Å². The number of rotatable bonds is 10. The number of amides is 1. The number of benzene rings is 1. The lowest BCUT2D eigenvalue weighted by Crippen LogP contribution is -2.18. The molecule has 11 heteroatoms. The molecular weight excluding hydrogens is 436 g/mol. The molecule has 3 rings (SSSR count). The Labute approximate surface area is 185 Å². The van der Waals surface area contributed by atoms with Gasteiger partial charge in [-0.05, 0) is 31.2 Å². The van der Waals surface area contributed by atoms with Crippen LogP contribution in [0.25, 0.3) is 0 Å². The van der Waals surface area contributed by atoms with E-state index in [9.17, 15) is 13.2 Å².